The zero-order valence-corrected chi connectivity index (χ0v) is 13.6. The highest BCUT2D eigenvalue weighted by Crippen LogP contribution is 2.26. The molecular formula is C15H23BrN2O. The van der Waals surface area contributed by atoms with Gasteiger partial charge in [0.1, 0.15) is 0 Å². The van der Waals surface area contributed by atoms with Crippen LogP contribution in [0.25, 0.3) is 0 Å². The molecule has 0 N–H and O–H groups in total. The van der Waals surface area contributed by atoms with Gasteiger partial charge in [0, 0.05) is 7.05 Å². The molecule has 19 heavy (non-hydrogen) atoms. The molecule has 2 rings (SSSR count). The number of aromatic nitrogens is 2. The second-order valence-corrected chi connectivity index (χ2v) is 6.17. The Hall–Kier alpha value is -0.610. The van der Waals surface area contributed by atoms with Gasteiger partial charge in [-0.05, 0) is 47.0 Å². The average Bonchev–Trinajstić information content (AvgIpc) is 2.68. The quantitative estimate of drug-likeness (QED) is 0.768. The zero-order chi connectivity index (χ0) is 13.8. The molecule has 0 saturated heterocycles. The van der Waals surface area contributed by atoms with Crippen LogP contribution in [0.15, 0.2) is 16.6 Å². The largest absolute Gasteiger partial charge is 0.375 e. The number of halogens is 1. The summed E-state index contributed by atoms with van der Waals surface area (Å²) in [6, 6.07) is 0. The van der Waals surface area contributed by atoms with Crippen LogP contribution < -0.4 is 0 Å². The maximum atomic E-state index is 5.92. The molecule has 0 saturated carbocycles. The van der Waals surface area contributed by atoms with Gasteiger partial charge in [0.25, 0.3) is 0 Å². The third kappa shape index (κ3) is 3.48. The highest BCUT2D eigenvalue weighted by Gasteiger charge is 2.19. The van der Waals surface area contributed by atoms with Crippen molar-refractivity contribution < 1.29 is 4.74 Å². The predicted molar refractivity (Wildman–Crippen MR) is 81.0 cm³/mol. The second kappa shape index (κ2) is 6.71. The van der Waals surface area contributed by atoms with E-state index in [0.29, 0.717) is 12.5 Å². The number of ether oxygens (including phenoxy) is 1. The summed E-state index contributed by atoms with van der Waals surface area (Å²) in [5, 5.41) is 4.49. The van der Waals surface area contributed by atoms with E-state index < -0.39 is 0 Å². The van der Waals surface area contributed by atoms with Gasteiger partial charge in [0.05, 0.1) is 29.1 Å². The fourth-order valence-corrected chi connectivity index (χ4v) is 3.25. The van der Waals surface area contributed by atoms with Gasteiger partial charge in [-0.1, -0.05) is 26.0 Å². The van der Waals surface area contributed by atoms with Gasteiger partial charge in [-0.15, -0.1) is 0 Å². The van der Waals surface area contributed by atoms with Gasteiger partial charge >= 0.3 is 0 Å². The minimum absolute atomic E-state index is 0.636. The molecule has 2 unspecified atom stereocenters. The summed E-state index contributed by atoms with van der Waals surface area (Å²) in [5.74, 6) is 1.38. The Morgan fingerprint density at radius 3 is 2.79 bits per heavy atom. The fraction of sp³-hybridized carbons (Fsp3) is 0.667. The molecule has 106 valence electrons. The molecule has 1 aliphatic carbocycles. The highest BCUT2D eigenvalue weighted by atomic mass is 79.9. The molecule has 0 aromatic carbocycles. The molecule has 4 heteroatoms. The molecule has 0 radical (unpaired) electrons. The summed E-state index contributed by atoms with van der Waals surface area (Å²) in [4.78, 5) is 0. The summed E-state index contributed by atoms with van der Waals surface area (Å²) in [6.07, 6.45) is 7.84. The van der Waals surface area contributed by atoms with Crippen LogP contribution in [0.4, 0.5) is 0 Å². The molecule has 0 fully saturated rings. The summed E-state index contributed by atoms with van der Waals surface area (Å²) in [5.41, 5.74) is 2.24. The van der Waals surface area contributed by atoms with Crippen molar-refractivity contribution in [1.29, 1.82) is 0 Å². The van der Waals surface area contributed by atoms with Crippen molar-refractivity contribution in [1.82, 2.24) is 9.78 Å². The van der Waals surface area contributed by atoms with Gasteiger partial charge in [0.2, 0.25) is 0 Å². The Bertz CT molecular complexity index is 453. The molecule has 3 nitrogen and oxygen atoms in total. The Kier molecular flexibility index (Phi) is 5.22. The molecule has 1 aliphatic rings. The molecule has 0 amide bonds. The van der Waals surface area contributed by atoms with E-state index in [1.165, 1.54) is 6.42 Å². The molecule has 1 aromatic heterocycles. The van der Waals surface area contributed by atoms with Crippen molar-refractivity contribution in [2.75, 3.05) is 6.61 Å². The van der Waals surface area contributed by atoms with Crippen molar-refractivity contribution in [3.05, 3.63) is 28.0 Å². The van der Waals surface area contributed by atoms with Crippen LogP contribution in [0, 0.1) is 11.8 Å². The van der Waals surface area contributed by atoms with E-state index in [4.69, 9.17) is 4.74 Å². The van der Waals surface area contributed by atoms with Crippen molar-refractivity contribution in [3.63, 3.8) is 0 Å². The lowest BCUT2D eigenvalue weighted by molar-refractivity contribution is 0.0642. The first-order valence-electron chi connectivity index (χ1n) is 7.06. The number of nitrogens with zero attached hydrogens (tertiary/aromatic N) is 2. The Morgan fingerprint density at radius 2 is 2.16 bits per heavy atom. The predicted octanol–water partition coefficient (Wildman–Crippen LogP) is 3.86. The van der Waals surface area contributed by atoms with Gasteiger partial charge in [0.15, 0.2) is 0 Å². The first-order chi connectivity index (χ1) is 9.13. The van der Waals surface area contributed by atoms with E-state index in [-0.39, 0.29) is 0 Å². The lowest BCUT2D eigenvalue weighted by atomic mass is 9.85. The van der Waals surface area contributed by atoms with E-state index >= 15 is 0 Å². The lowest BCUT2D eigenvalue weighted by Gasteiger charge is -2.24. The lowest BCUT2D eigenvalue weighted by Crippen LogP contribution is -2.19. The Labute approximate surface area is 124 Å². The van der Waals surface area contributed by atoms with E-state index in [2.05, 4.69) is 47.0 Å². The van der Waals surface area contributed by atoms with Crippen LogP contribution in [-0.4, -0.2) is 16.4 Å². The fourth-order valence-electron chi connectivity index (χ4n) is 2.52. The van der Waals surface area contributed by atoms with Gasteiger partial charge in [-0.25, -0.2) is 0 Å². The molecule has 0 spiro atoms. The normalized spacial score (nSPS) is 22.9. The molecule has 1 aromatic rings. The van der Waals surface area contributed by atoms with E-state index in [0.717, 1.165) is 41.2 Å². The number of aryl methyl sites for hydroxylation is 2. The van der Waals surface area contributed by atoms with E-state index in [1.807, 2.05) is 11.7 Å². The van der Waals surface area contributed by atoms with Gasteiger partial charge < -0.3 is 4.74 Å². The monoisotopic (exact) mass is 326 g/mol. The number of allylic oxidation sites excluding steroid dienone is 2. The number of hydrogen-bond acceptors (Lipinski definition) is 2. The second-order valence-electron chi connectivity index (χ2n) is 5.38. The van der Waals surface area contributed by atoms with Crippen LogP contribution >= 0.6 is 15.9 Å². The topological polar surface area (TPSA) is 27.1 Å². The summed E-state index contributed by atoms with van der Waals surface area (Å²) in [7, 11) is 1.98. The minimum atomic E-state index is 0.636. The van der Waals surface area contributed by atoms with Crippen molar-refractivity contribution in [2.24, 2.45) is 18.9 Å². The highest BCUT2D eigenvalue weighted by molar-refractivity contribution is 9.10. The van der Waals surface area contributed by atoms with Crippen molar-refractivity contribution >= 4 is 15.9 Å². The number of rotatable bonds is 5. The van der Waals surface area contributed by atoms with Gasteiger partial charge in [-0.2, -0.15) is 5.10 Å². The van der Waals surface area contributed by atoms with E-state index in [9.17, 15) is 0 Å². The molecule has 0 aliphatic heterocycles. The molecule has 1 heterocycles. The third-order valence-corrected chi connectivity index (χ3v) is 4.91. The third-order valence-electron chi connectivity index (χ3n) is 3.99. The zero-order valence-electron chi connectivity index (χ0n) is 12.0. The number of hydrogen-bond donors (Lipinski definition) is 0. The van der Waals surface area contributed by atoms with Crippen LogP contribution in [0.1, 0.15) is 38.1 Å². The molecule has 2 atom stereocenters. The van der Waals surface area contributed by atoms with Gasteiger partial charge in [-0.3, -0.25) is 4.68 Å². The first kappa shape index (κ1) is 14.8. The van der Waals surface area contributed by atoms with Crippen molar-refractivity contribution in [2.45, 2.75) is 39.7 Å². The maximum Gasteiger partial charge on any atom is 0.0896 e. The SMILES string of the molecule is CCc1nn(C)c(COCC2CC=CCC2C)c1Br. The Morgan fingerprint density at radius 1 is 1.42 bits per heavy atom. The van der Waals surface area contributed by atoms with E-state index in [1.54, 1.807) is 0 Å². The smallest absolute Gasteiger partial charge is 0.0896 e. The standard InChI is InChI=1S/C15H23BrN2O/c1-4-13-15(16)14(18(3)17-13)10-19-9-12-8-6-5-7-11(12)2/h5-6,11-12H,4,7-10H2,1-3H3. The van der Waals surface area contributed by atoms with Crippen LogP contribution in [-0.2, 0) is 24.8 Å². The molecule has 0 bridgehead atoms. The van der Waals surface area contributed by atoms with Crippen LogP contribution in [0.5, 0.6) is 0 Å². The summed E-state index contributed by atoms with van der Waals surface area (Å²) < 4.78 is 8.95. The molecular weight excluding hydrogens is 304 g/mol. The van der Waals surface area contributed by atoms with Crippen LogP contribution in [0.2, 0.25) is 0 Å². The minimum Gasteiger partial charge on any atom is -0.375 e. The average molecular weight is 327 g/mol. The Balaban J connectivity index is 1.89. The summed E-state index contributed by atoms with van der Waals surface area (Å²) >= 11 is 3.63. The first-order valence-corrected chi connectivity index (χ1v) is 7.85. The summed E-state index contributed by atoms with van der Waals surface area (Å²) in [6.45, 7) is 5.90. The maximum absolute atomic E-state index is 5.92. The van der Waals surface area contributed by atoms with Crippen LogP contribution in [0.3, 0.4) is 0 Å². The van der Waals surface area contributed by atoms with Crippen molar-refractivity contribution in [3.8, 4) is 0 Å².